The van der Waals surface area contributed by atoms with Crippen molar-refractivity contribution in [3.05, 3.63) is 66.7 Å². The Bertz CT molecular complexity index is 903. The summed E-state index contributed by atoms with van der Waals surface area (Å²) in [6.45, 7) is 3.79. The van der Waals surface area contributed by atoms with Gasteiger partial charge in [-0.1, -0.05) is 30.4 Å². The number of carbonyl (C=O) groups excluding carboxylic acids is 2. The second kappa shape index (κ2) is 9.03. The average molecular weight is 404 g/mol. The maximum atomic E-state index is 12.6. The van der Waals surface area contributed by atoms with E-state index in [2.05, 4.69) is 39.4 Å². The quantitative estimate of drug-likeness (QED) is 0.774. The maximum absolute atomic E-state index is 12.6. The van der Waals surface area contributed by atoms with E-state index >= 15 is 0 Å². The summed E-state index contributed by atoms with van der Waals surface area (Å²) in [5, 5.41) is 14.2. The lowest BCUT2D eigenvalue weighted by Gasteiger charge is -2.37. The number of amides is 1. The molecular formula is C24H26N3O3-. The number of benzene rings is 2. The summed E-state index contributed by atoms with van der Waals surface area (Å²) in [7, 11) is 0. The number of carboxylic acid groups (broad SMARTS) is 1. The predicted molar refractivity (Wildman–Crippen MR) is 116 cm³/mol. The van der Waals surface area contributed by atoms with Crippen LogP contribution in [0.4, 0.5) is 17.1 Å². The molecule has 30 heavy (non-hydrogen) atoms. The summed E-state index contributed by atoms with van der Waals surface area (Å²) in [6, 6.07) is 18.2. The lowest BCUT2D eigenvalue weighted by Crippen LogP contribution is -2.46. The Morgan fingerprint density at radius 3 is 1.87 bits per heavy atom. The zero-order chi connectivity index (χ0) is 20.9. The number of rotatable bonds is 5. The molecule has 6 nitrogen and oxygen atoms in total. The van der Waals surface area contributed by atoms with Crippen LogP contribution in [0.25, 0.3) is 0 Å². The highest BCUT2D eigenvalue weighted by molar-refractivity contribution is 5.95. The summed E-state index contributed by atoms with van der Waals surface area (Å²) < 4.78 is 0. The first-order chi connectivity index (χ1) is 14.6. The van der Waals surface area contributed by atoms with E-state index in [1.807, 2.05) is 36.4 Å². The van der Waals surface area contributed by atoms with E-state index in [1.54, 1.807) is 6.08 Å². The number of piperazine rings is 1. The van der Waals surface area contributed by atoms with Crippen LogP contribution < -0.4 is 20.2 Å². The van der Waals surface area contributed by atoms with Gasteiger partial charge in [0.15, 0.2) is 0 Å². The minimum Gasteiger partial charge on any atom is -0.550 e. The minimum atomic E-state index is -1.16. The lowest BCUT2D eigenvalue weighted by molar-refractivity contribution is -0.313. The summed E-state index contributed by atoms with van der Waals surface area (Å²) in [6.07, 6.45) is 4.43. The molecule has 156 valence electrons. The topological polar surface area (TPSA) is 75.7 Å². The molecule has 6 heteroatoms. The standard InChI is InChI=1S/C24H27N3O3/c28-23(21-8-4-5-9-22(21)24(29)30)25-18-10-12-20(13-11-18)27-16-14-26(15-17-27)19-6-2-1-3-7-19/h1-7,10-13,21-22H,8-9,14-17H2,(H,25,28)(H,29,30)/p-1/t21-,22-/m1/s1. The van der Waals surface area contributed by atoms with Gasteiger partial charge in [-0.3, -0.25) is 4.79 Å². The maximum Gasteiger partial charge on any atom is 0.228 e. The molecule has 1 heterocycles. The van der Waals surface area contributed by atoms with Gasteiger partial charge in [-0.15, -0.1) is 0 Å². The van der Waals surface area contributed by atoms with E-state index in [-0.39, 0.29) is 5.91 Å². The van der Waals surface area contributed by atoms with Crippen molar-refractivity contribution in [2.24, 2.45) is 11.8 Å². The molecule has 2 aromatic carbocycles. The van der Waals surface area contributed by atoms with Crippen molar-refractivity contribution in [2.45, 2.75) is 12.8 Å². The van der Waals surface area contributed by atoms with Gasteiger partial charge in [0.2, 0.25) is 5.91 Å². The van der Waals surface area contributed by atoms with Crippen molar-refractivity contribution in [1.29, 1.82) is 0 Å². The van der Waals surface area contributed by atoms with E-state index in [9.17, 15) is 14.7 Å². The molecule has 2 aliphatic rings. The van der Waals surface area contributed by atoms with Crippen molar-refractivity contribution >= 4 is 28.9 Å². The van der Waals surface area contributed by atoms with Crippen LogP contribution in [-0.2, 0) is 9.59 Å². The van der Waals surface area contributed by atoms with Gasteiger partial charge >= 0.3 is 0 Å². The molecule has 4 rings (SSSR count). The number of hydrogen-bond acceptors (Lipinski definition) is 5. The zero-order valence-electron chi connectivity index (χ0n) is 16.9. The van der Waals surface area contributed by atoms with Gasteiger partial charge in [-0.2, -0.15) is 0 Å². The van der Waals surface area contributed by atoms with Gasteiger partial charge in [-0.25, -0.2) is 0 Å². The number of carbonyl (C=O) groups is 2. The van der Waals surface area contributed by atoms with Crippen molar-refractivity contribution in [2.75, 3.05) is 41.3 Å². The minimum absolute atomic E-state index is 0.266. The Hall–Kier alpha value is -3.28. The molecule has 1 aliphatic carbocycles. The van der Waals surface area contributed by atoms with Gasteiger partial charge in [0.1, 0.15) is 0 Å². The Balaban J connectivity index is 1.34. The highest BCUT2D eigenvalue weighted by atomic mass is 16.4. The molecule has 1 amide bonds. The van der Waals surface area contributed by atoms with Gasteiger partial charge in [-0.05, 0) is 49.2 Å². The number of para-hydroxylation sites is 1. The second-order valence-corrected chi connectivity index (χ2v) is 7.82. The Morgan fingerprint density at radius 2 is 1.30 bits per heavy atom. The Kier molecular flexibility index (Phi) is 6.02. The largest absolute Gasteiger partial charge is 0.550 e. The van der Waals surface area contributed by atoms with Crippen molar-refractivity contribution in [3.8, 4) is 0 Å². The van der Waals surface area contributed by atoms with Crippen molar-refractivity contribution < 1.29 is 14.7 Å². The first-order valence-corrected chi connectivity index (χ1v) is 10.4. The predicted octanol–water partition coefficient (Wildman–Crippen LogP) is 2.28. The van der Waals surface area contributed by atoms with Crippen LogP contribution in [0.1, 0.15) is 12.8 Å². The molecule has 0 bridgehead atoms. The average Bonchev–Trinajstić information content (AvgIpc) is 2.80. The number of anilines is 3. The van der Waals surface area contributed by atoms with Crippen LogP contribution in [0, 0.1) is 11.8 Å². The van der Waals surface area contributed by atoms with Gasteiger partial charge in [0, 0.05) is 55.1 Å². The molecule has 0 unspecified atom stereocenters. The number of aliphatic carboxylic acids is 1. The summed E-state index contributed by atoms with van der Waals surface area (Å²) >= 11 is 0. The van der Waals surface area contributed by atoms with E-state index in [0.29, 0.717) is 18.5 Å². The molecule has 0 aromatic heterocycles. The molecule has 2 atom stereocenters. The first-order valence-electron chi connectivity index (χ1n) is 10.4. The van der Waals surface area contributed by atoms with Crippen LogP contribution in [0.5, 0.6) is 0 Å². The Morgan fingerprint density at radius 1 is 0.767 bits per heavy atom. The molecule has 1 aliphatic heterocycles. The summed E-state index contributed by atoms with van der Waals surface area (Å²) in [4.78, 5) is 28.6. The van der Waals surface area contributed by atoms with Crippen LogP contribution >= 0.6 is 0 Å². The molecule has 0 spiro atoms. The summed E-state index contributed by atoms with van der Waals surface area (Å²) in [5.74, 6) is -2.79. The smallest absolute Gasteiger partial charge is 0.228 e. The number of nitrogens with one attached hydrogen (secondary N) is 1. The van der Waals surface area contributed by atoms with Crippen molar-refractivity contribution in [1.82, 2.24) is 0 Å². The van der Waals surface area contributed by atoms with E-state index < -0.39 is 17.8 Å². The molecular weight excluding hydrogens is 378 g/mol. The van der Waals surface area contributed by atoms with E-state index in [1.165, 1.54) is 5.69 Å². The van der Waals surface area contributed by atoms with Crippen LogP contribution in [-0.4, -0.2) is 38.1 Å². The number of carboxylic acids is 1. The Labute approximate surface area is 176 Å². The third-order valence-corrected chi connectivity index (χ3v) is 5.97. The first kappa shape index (κ1) is 20.0. The second-order valence-electron chi connectivity index (χ2n) is 7.82. The van der Waals surface area contributed by atoms with Gasteiger partial charge in [0.05, 0.1) is 5.92 Å². The monoisotopic (exact) mass is 404 g/mol. The fraction of sp³-hybridized carbons (Fsp3) is 0.333. The fourth-order valence-electron chi connectivity index (χ4n) is 4.22. The van der Waals surface area contributed by atoms with Crippen LogP contribution in [0.15, 0.2) is 66.7 Å². The van der Waals surface area contributed by atoms with Crippen LogP contribution in [0.3, 0.4) is 0 Å². The molecule has 0 saturated carbocycles. The molecule has 1 fully saturated rings. The van der Waals surface area contributed by atoms with Gasteiger partial charge in [0.25, 0.3) is 0 Å². The number of nitrogens with zero attached hydrogens (tertiary/aromatic N) is 2. The lowest BCUT2D eigenvalue weighted by atomic mass is 9.82. The SMILES string of the molecule is O=C([O-])[C@@H]1CC=CC[C@H]1C(=O)Nc1ccc(N2CCN(c3ccccc3)CC2)cc1. The highest BCUT2D eigenvalue weighted by Gasteiger charge is 2.29. The zero-order valence-corrected chi connectivity index (χ0v) is 16.9. The number of allylic oxidation sites excluding steroid dienone is 2. The third kappa shape index (κ3) is 4.48. The van der Waals surface area contributed by atoms with Crippen LogP contribution in [0.2, 0.25) is 0 Å². The normalized spacial score (nSPS) is 21.3. The van der Waals surface area contributed by atoms with E-state index in [0.717, 1.165) is 31.9 Å². The fourth-order valence-corrected chi connectivity index (χ4v) is 4.22. The highest BCUT2D eigenvalue weighted by Crippen LogP contribution is 2.27. The summed E-state index contributed by atoms with van der Waals surface area (Å²) in [5.41, 5.74) is 3.05. The van der Waals surface area contributed by atoms with Gasteiger partial charge < -0.3 is 25.0 Å². The molecule has 0 radical (unpaired) electrons. The third-order valence-electron chi connectivity index (χ3n) is 5.97. The molecule has 2 aromatic rings. The van der Waals surface area contributed by atoms with Crippen molar-refractivity contribution in [3.63, 3.8) is 0 Å². The number of hydrogen-bond donors (Lipinski definition) is 1. The molecule has 1 N–H and O–H groups in total. The van der Waals surface area contributed by atoms with E-state index in [4.69, 9.17) is 0 Å². The molecule has 1 saturated heterocycles.